The highest BCUT2D eigenvalue weighted by molar-refractivity contribution is 5.85. The number of nitrogens with one attached hydrogen (secondary N) is 1. The smallest absolute Gasteiger partial charge is 0.354 e. The molecule has 7 nitrogen and oxygen atoms in total. The molecule has 2 N–H and O–H groups in total. The lowest BCUT2D eigenvalue weighted by Crippen LogP contribution is -2.05. The van der Waals surface area contributed by atoms with Gasteiger partial charge in [-0.3, -0.25) is 4.68 Å². The Bertz CT molecular complexity index is 579. The molecule has 0 amide bonds. The predicted octanol–water partition coefficient (Wildman–Crippen LogP) is 1.21. The van der Waals surface area contributed by atoms with Gasteiger partial charge in [-0.25, -0.2) is 14.8 Å². The van der Waals surface area contributed by atoms with Crippen LogP contribution >= 0.6 is 0 Å². The van der Waals surface area contributed by atoms with E-state index in [1.807, 2.05) is 14.0 Å². The van der Waals surface area contributed by atoms with E-state index in [4.69, 9.17) is 5.11 Å². The highest BCUT2D eigenvalue weighted by atomic mass is 16.4. The van der Waals surface area contributed by atoms with Crippen molar-refractivity contribution in [3.8, 4) is 0 Å². The number of hydrogen-bond donors (Lipinski definition) is 2. The summed E-state index contributed by atoms with van der Waals surface area (Å²) in [5.74, 6) is -0.833. The molecule has 0 unspecified atom stereocenters. The Morgan fingerprint density at radius 1 is 1.56 bits per heavy atom. The van der Waals surface area contributed by atoms with E-state index in [9.17, 15) is 4.79 Å². The lowest BCUT2D eigenvalue weighted by Gasteiger charge is -2.03. The SMILES string of the molecule is CCc1nn(C)cc1Nc1nccc(C(=O)O)n1. The second-order valence-corrected chi connectivity index (χ2v) is 3.71. The normalized spacial score (nSPS) is 10.3. The Morgan fingerprint density at radius 2 is 2.33 bits per heavy atom. The Kier molecular flexibility index (Phi) is 3.22. The number of carboxylic acids is 1. The van der Waals surface area contributed by atoms with Crippen molar-refractivity contribution < 1.29 is 9.90 Å². The summed E-state index contributed by atoms with van der Waals surface area (Å²) >= 11 is 0. The van der Waals surface area contributed by atoms with Gasteiger partial charge >= 0.3 is 5.97 Å². The molecule has 0 bridgehead atoms. The van der Waals surface area contributed by atoms with Crippen LogP contribution in [0.3, 0.4) is 0 Å². The molecule has 2 aromatic heterocycles. The lowest BCUT2D eigenvalue weighted by atomic mass is 10.3. The fourth-order valence-electron chi connectivity index (χ4n) is 1.56. The van der Waals surface area contributed by atoms with Crippen LogP contribution in [0.5, 0.6) is 0 Å². The molecule has 0 fully saturated rings. The zero-order valence-corrected chi connectivity index (χ0v) is 10.1. The number of anilines is 2. The third-order valence-electron chi connectivity index (χ3n) is 2.36. The van der Waals surface area contributed by atoms with Crippen LogP contribution in [-0.4, -0.2) is 30.8 Å². The van der Waals surface area contributed by atoms with Crippen LogP contribution in [-0.2, 0) is 13.5 Å². The van der Waals surface area contributed by atoms with Crippen LogP contribution in [0.15, 0.2) is 18.5 Å². The highest BCUT2D eigenvalue weighted by Crippen LogP contribution is 2.17. The highest BCUT2D eigenvalue weighted by Gasteiger charge is 2.09. The van der Waals surface area contributed by atoms with Gasteiger partial charge in [-0.2, -0.15) is 5.10 Å². The van der Waals surface area contributed by atoms with Gasteiger partial charge in [0.2, 0.25) is 5.95 Å². The largest absolute Gasteiger partial charge is 0.477 e. The van der Waals surface area contributed by atoms with Crippen LogP contribution in [0.4, 0.5) is 11.6 Å². The number of aromatic nitrogens is 4. The van der Waals surface area contributed by atoms with E-state index in [-0.39, 0.29) is 11.6 Å². The summed E-state index contributed by atoms with van der Waals surface area (Å²) in [6.45, 7) is 1.99. The van der Waals surface area contributed by atoms with E-state index in [2.05, 4.69) is 20.4 Å². The van der Waals surface area contributed by atoms with Gasteiger partial charge in [0.25, 0.3) is 0 Å². The summed E-state index contributed by atoms with van der Waals surface area (Å²) in [6, 6.07) is 1.34. The van der Waals surface area contributed by atoms with Gasteiger partial charge in [0.15, 0.2) is 5.69 Å². The van der Waals surface area contributed by atoms with Crippen LogP contribution in [0.25, 0.3) is 0 Å². The van der Waals surface area contributed by atoms with E-state index >= 15 is 0 Å². The van der Waals surface area contributed by atoms with Crippen molar-refractivity contribution in [3.63, 3.8) is 0 Å². The maximum Gasteiger partial charge on any atom is 0.354 e. The topological polar surface area (TPSA) is 92.9 Å². The van der Waals surface area contributed by atoms with Gasteiger partial charge in [-0.15, -0.1) is 0 Å². The van der Waals surface area contributed by atoms with Crippen LogP contribution in [0, 0.1) is 0 Å². The minimum absolute atomic E-state index is 0.0468. The van der Waals surface area contributed by atoms with Gasteiger partial charge in [0, 0.05) is 19.4 Å². The van der Waals surface area contributed by atoms with Crippen LogP contribution in [0.1, 0.15) is 23.1 Å². The predicted molar refractivity (Wildman–Crippen MR) is 64.9 cm³/mol. The molecule has 2 aromatic rings. The molecule has 0 radical (unpaired) electrons. The molecule has 0 atom stereocenters. The molecule has 0 aromatic carbocycles. The van der Waals surface area contributed by atoms with E-state index in [1.165, 1.54) is 12.3 Å². The first-order chi connectivity index (χ1) is 8.60. The van der Waals surface area contributed by atoms with Crippen molar-refractivity contribution in [2.24, 2.45) is 7.05 Å². The third-order valence-corrected chi connectivity index (χ3v) is 2.36. The first kappa shape index (κ1) is 12.0. The van der Waals surface area contributed by atoms with Gasteiger partial charge in [0.05, 0.1) is 11.4 Å². The van der Waals surface area contributed by atoms with Gasteiger partial charge in [-0.05, 0) is 12.5 Å². The molecule has 94 valence electrons. The Balaban J connectivity index is 2.28. The van der Waals surface area contributed by atoms with Crippen molar-refractivity contribution >= 4 is 17.6 Å². The fourth-order valence-corrected chi connectivity index (χ4v) is 1.56. The molecule has 0 aliphatic heterocycles. The minimum atomic E-state index is -1.08. The molecule has 0 saturated heterocycles. The minimum Gasteiger partial charge on any atom is -0.477 e. The third kappa shape index (κ3) is 2.45. The van der Waals surface area contributed by atoms with Crippen molar-refractivity contribution in [2.75, 3.05) is 5.32 Å². The fraction of sp³-hybridized carbons (Fsp3) is 0.273. The van der Waals surface area contributed by atoms with E-state index in [0.717, 1.165) is 17.8 Å². The number of rotatable bonds is 4. The average molecular weight is 247 g/mol. The number of carboxylic acid groups (broad SMARTS) is 1. The second kappa shape index (κ2) is 4.82. The standard InChI is InChI=1S/C11H13N5O2/c1-3-7-9(6-16(2)15-7)14-11-12-5-4-8(13-11)10(17)18/h4-6H,3H2,1-2H3,(H,17,18)(H,12,13,14). The van der Waals surface area contributed by atoms with Crippen LogP contribution < -0.4 is 5.32 Å². The van der Waals surface area contributed by atoms with E-state index < -0.39 is 5.97 Å². The van der Waals surface area contributed by atoms with E-state index in [1.54, 1.807) is 10.9 Å². The molecule has 2 heterocycles. The van der Waals surface area contributed by atoms with Gasteiger partial charge in [0.1, 0.15) is 0 Å². The molecule has 0 aliphatic rings. The monoisotopic (exact) mass is 247 g/mol. The summed E-state index contributed by atoms with van der Waals surface area (Å²) in [4.78, 5) is 18.7. The number of aromatic carboxylic acids is 1. The molecular formula is C11H13N5O2. The zero-order chi connectivity index (χ0) is 13.1. The molecular weight excluding hydrogens is 234 g/mol. The summed E-state index contributed by atoms with van der Waals surface area (Å²) in [5.41, 5.74) is 1.61. The molecule has 2 rings (SSSR count). The Labute approximate surface area is 104 Å². The summed E-state index contributed by atoms with van der Waals surface area (Å²) in [5, 5.41) is 16.1. The first-order valence-corrected chi connectivity index (χ1v) is 5.46. The zero-order valence-electron chi connectivity index (χ0n) is 10.1. The van der Waals surface area contributed by atoms with Crippen molar-refractivity contribution in [1.82, 2.24) is 19.7 Å². The van der Waals surface area contributed by atoms with Gasteiger partial charge < -0.3 is 10.4 Å². The maximum absolute atomic E-state index is 10.8. The van der Waals surface area contributed by atoms with Crippen molar-refractivity contribution in [1.29, 1.82) is 0 Å². The molecule has 7 heteroatoms. The Morgan fingerprint density at radius 3 is 3.00 bits per heavy atom. The summed E-state index contributed by atoms with van der Waals surface area (Å²) < 4.78 is 1.68. The average Bonchev–Trinajstić information content (AvgIpc) is 2.69. The quantitative estimate of drug-likeness (QED) is 0.843. The first-order valence-electron chi connectivity index (χ1n) is 5.46. The number of carbonyl (C=O) groups is 1. The number of hydrogen-bond acceptors (Lipinski definition) is 5. The van der Waals surface area contributed by atoms with Crippen LogP contribution in [0.2, 0.25) is 0 Å². The lowest BCUT2D eigenvalue weighted by molar-refractivity contribution is 0.0690. The van der Waals surface area contributed by atoms with Crippen molar-refractivity contribution in [3.05, 3.63) is 29.8 Å². The van der Waals surface area contributed by atoms with Gasteiger partial charge in [-0.1, -0.05) is 6.92 Å². The number of aryl methyl sites for hydroxylation is 2. The number of nitrogens with zero attached hydrogens (tertiary/aromatic N) is 4. The van der Waals surface area contributed by atoms with Crippen molar-refractivity contribution in [2.45, 2.75) is 13.3 Å². The molecule has 18 heavy (non-hydrogen) atoms. The second-order valence-electron chi connectivity index (χ2n) is 3.71. The summed E-state index contributed by atoms with van der Waals surface area (Å²) in [6.07, 6.45) is 3.97. The van der Waals surface area contributed by atoms with E-state index in [0.29, 0.717) is 0 Å². The molecule has 0 aliphatic carbocycles. The molecule has 0 saturated carbocycles. The molecule has 0 spiro atoms. The maximum atomic E-state index is 10.8. The Hall–Kier alpha value is -2.44. The summed E-state index contributed by atoms with van der Waals surface area (Å²) in [7, 11) is 1.82.